The number of benzene rings is 3. The quantitative estimate of drug-likeness (QED) is 0.474. The number of ether oxygens (including phenoxy) is 2. The zero-order valence-corrected chi connectivity index (χ0v) is 17.5. The average Bonchev–Trinajstić information content (AvgIpc) is 2.74. The van der Waals surface area contributed by atoms with E-state index in [-0.39, 0.29) is 12.2 Å². The third-order valence-electron chi connectivity index (χ3n) is 4.41. The lowest BCUT2D eigenvalue weighted by Crippen LogP contribution is -2.25. The van der Waals surface area contributed by atoms with Gasteiger partial charge in [0.25, 0.3) is 0 Å². The summed E-state index contributed by atoms with van der Waals surface area (Å²) in [4.78, 5) is 0.537. The van der Waals surface area contributed by atoms with Gasteiger partial charge in [0.15, 0.2) is 11.5 Å². The molecule has 0 unspecified atom stereocenters. The molecule has 0 aliphatic rings. The van der Waals surface area contributed by atoms with Gasteiger partial charge >= 0.3 is 0 Å². The second-order valence-electron chi connectivity index (χ2n) is 6.32. The highest BCUT2D eigenvalue weighted by molar-refractivity contribution is 7.80. The number of rotatable bonds is 8. The van der Waals surface area contributed by atoms with Gasteiger partial charge in [-0.05, 0) is 36.2 Å². The number of hydrogen-bond donors (Lipinski definition) is 1. The number of halogens is 2. The summed E-state index contributed by atoms with van der Waals surface area (Å²) in [7, 11) is 1.55. The lowest BCUT2D eigenvalue weighted by molar-refractivity contribution is 0.279. The largest absolute Gasteiger partial charge is 0.493 e. The molecule has 6 heteroatoms. The van der Waals surface area contributed by atoms with E-state index in [0.717, 1.165) is 6.42 Å². The smallest absolute Gasteiger partial charge is 0.171 e. The number of para-hydroxylation sites is 1. The molecule has 0 fully saturated rings. The highest BCUT2D eigenvalue weighted by Gasteiger charge is 2.16. The average molecular weight is 430 g/mol. The minimum atomic E-state index is -0.419. The second-order valence-corrected chi connectivity index (χ2v) is 7.13. The van der Waals surface area contributed by atoms with Crippen LogP contribution >= 0.6 is 23.8 Å². The molecular weight excluding hydrogens is 409 g/mol. The van der Waals surface area contributed by atoms with Gasteiger partial charge in [0, 0.05) is 12.1 Å². The highest BCUT2D eigenvalue weighted by Crippen LogP contribution is 2.33. The first kappa shape index (κ1) is 21.1. The standard InChI is InChI=1S/C23H21ClFNO2S/c1-27-21-12-5-9-17(23(29)26-14-13-16-7-3-2-4-8-16)22(21)28-15-18-19(24)10-6-11-20(18)25/h2-12H,13-15H2,1H3,(H,26,29). The molecule has 0 amide bonds. The van der Waals surface area contributed by atoms with Crippen LogP contribution in [-0.4, -0.2) is 18.6 Å². The maximum absolute atomic E-state index is 14.1. The van der Waals surface area contributed by atoms with Crippen molar-refractivity contribution in [3.8, 4) is 11.5 Å². The highest BCUT2D eigenvalue weighted by atomic mass is 35.5. The van der Waals surface area contributed by atoms with E-state index >= 15 is 0 Å². The zero-order valence-electron chi connectivity index (χ0n) is 16.0. The molecule has 0 aliphatic carbocycles. The molecule has 0 aliphatic heterocycles. The topological polar surface area (TPSA) is 30.5 Å². The summed E-state index contributed by atoms with van der Waals surface area (Å²) in [6, 6.07) is 20.1. The molecule has 0 atom stereocenters. The monoisotopic (exact) mass is 429 g/mol. The third-order valence-corrected chi connectivity index (χ3v) is 5.13. The Labute approximate surface area is 180 Å². The summed E-state index contributed by atoms with van der Waals surface area (Å²) >= 11 is 11.7. The van der Waals surface area contributed by atoms with Crippen LogP contribution in [0.2, 0.25) is 5.02 Å². The van der Waals surface area contributed by atoms with Gasteiger partial charge in [-0.2, -0.15) is 0 Å². The Bertz CT molecular complexity index is 962. The molecule has 0 aromatic heterocycles. The van der Waals surface area contributed by atoms with Crippen molar-refractivity contribution in [2.75, 3.05) is 13.7 Å². The maximum Gasteiger partial charge on any atom is 0.171 e. The van der Waals surface area contributed by atoms with Crippen LogP contribution in [0.1, 0.15) is 16.7 Å². The molecule has 1 N–H and O–H groups in total. The van der Waals surface area contributed by atoms with E-state index in [0.29, 0.717) is 33.6 Å². The molecule has 0 saturated heterocycles. The van der Waals surface area contributed by atoms with Gasteiger partial charge in [0.05, 0.1) is 17.7 Å². The van der Waals surface area contributed by atoms with Gasteiger partial charge in [-0.25, -0.2) is 4.39 Å². The van der Waals surface area contributed by atoms with Gasteiger partial charge < -0.3 is 14.8 Å². The molecule has 0 heterocycles. The summed E-state index contributed by atoms with van der Waals surface area (Å²) < 4.78 is 25.4. The minimum Gasteiger partial charge on any atom is -0.493 e. The molecule has 29 heavy (non-hydrogen) atoms. The SMILES string of the molecule is COc1cccc(C(=S)NCCc2ccccc2)c1OCc1c(F)cccc1Cl. The van der Waals surface area contributed by atoms with Crippen LogP contribution in [0.15, 0.2) is 66.7 Å². The van der Waals surface area contributed by atoms with Gasteiger partial charge in [-0.1, -0.05) is 66.3 Å². The summed E-state index contributed by atoms with van der Waals surface area (Å²) in [6.07, 6.45) is 0.839. The van der Waals surface area contributed by atoms with Crippen LogP contribution in [0.4, 0.5) is 4.39 Å². The zero-order chi connectivity index (χ0) is 20.6. The lowest BCUT2D eigenvalue weighted by atomic mass is 10.1. The molecule has 0 radical (unpaired) electrons. The van der Waals surface area contributed by atoms with Gasteiger partial charge in [0.1, 0.15) is 17.4 Å². The summed E-state index contributed by atoms with van der Waals surface area (Å²) in [6.45, 7) is 0.643. The van der Waals surface area contributed by atoms with Crippen molar-refractivity contribution in [1.29, 1.82) is 0 Å². The first-order valence-corrected chi connectivity index (χ1v) is 9.93. The molecule has 3 aromatic carbocycles. The normalized spacial score (nSPS) is 10.4. The Kier molecular flexibility index (Phi) is 7.44. The van der Waals surface area contributed by atoms with Crippen LogP contribution in [-0.2, 0) is 13.0 Å². The summed E-state index contributed by atoms with van der Waals surface area (Å²) in [5, 5.41) is 3.57. The molecule has 0 spiro atoms. The molecular formula is C23H21ClFNO2S. The van der Waals surface area contributed by atoms with Crippen molar-refractivity contribution in [3.63, 3.8) is 0 Å². The van der Waals surface area contributed by atoms with Crippen molar-refractivity contribution in [1.82, 2.24) is 5.32 Å². The Morgan fingerprint density at radius 2 is 1.79 bits per heavy atom. The van der Waals surface area contributed by atoms with Crippen LogP contribution in [0.3, 0.4) is 0 Å². The van der Waals surface area contributed by atoms with Crippen LogP contribution in [0.5, 0.6) is 11.5 Å². The van der Waals surface area contributed by atoms with E-state index in [4.69, 9.17) is 33.3 Å². The maximum atomic E-state index is 14.1. The first-order valence-electron chi connectivity index (χ1n) is 9.15. The van der Waals surface area contributed by atoms with E-state index in [2.05, 4.69) is 17.4 Å². The Morgan fingerprint density at radius 3 is 2.52 bits per heavy atom. The minimum absolute atomic E-state index is 0.0362. The van der Waals surface area contributed by atoms with E-state index < -0.39 is 5.82 Å². The Balaban J connectivity index is 1.74. The number of methoxy groups -OCH3 is 1. The van der Waals surface area contributed by atoms with Crippen LogP contribution in [0.25, 0.3) is 0 Å². The molecule has 3 rings (SSSR count). The van der Waals surface area contributed by atoms with Gasteiger partial charge in [0.2, 0.25) is 0 Å². The first-order chi connectivity index (χ1) is 14.1. The molecule has 150 valence electrons. The number of hydrogen-bond acceptors (Lipinski definition) is 3. The van der Waals surface area contributed by atoms with Crippen molar-refractivity contribution >= 4 is 28.8 Å². The van der Waals surface area contributed by atoms with Crippen molar-refractivity contribution in [3.05, 3.63) is 94.3 Å². The fourth-order valence-electron chi connectivity index (χ4n) is 2.88. The van der Waals surface area contributed by atoms with E-state index in [1.54, 1.807) is 25.3 Å². The van der Waals surface area contributed by atoms with Crippen LogP contribution < -0.4 is 14.8 Å². The lowest BCUT2D eigenvalue weighted by Gasteiger charge is -2.17. The fourth-order valence-corrected chi connectivity index (χ4v) is 3.36. The Morgan fingerprint density at radius 1 is 1.03 bits per heavy atom. The number of thiocarbonyl (C=S) groups is 1. The Hall–Kier alpha value is -2.63. The molecule has 0 saturated carbocycles. The summed E-state index contributed by atoms with van der Waals surface area (Å²) in [5.74, 6) is 0.547. The summed E-state index contributed by atoms with van der Waals surface area (Å²) in [5.41, 5.74) is 2.19. The van der Waals surface area contributed by atoms with E-state index in [1.165, 1.54) is 11.6 Å². The molecule has 3 nitrogen and oxygen atoms in total. The fraction of sp³-hybridized carbons (Fsp3) is 0.174. The van der Waals surface area contributed by atoms with E-state index in [1.807, 2.05) is 30.3 Å². The van der Waals surface area contributed by atoms with Crippen molar-refractivity contribution in [2.45, 2.75) is 13.0 Å². The number of nitrogens with one attached hydrogen (secondary N) is 1. The van der Waals surface area contributed by atoms with Crippen molar-refractivity contribution < 1.29 is 13.9 Å². The predicted molar refractivity (Wildman–Crippen MR) is 119 cm³/mol. The van der Waals surface area contributed by atoms with Crippen LogP contribution in [0, 0.1) is 5.82 Å². The molecule has 3 aromatic rings. The van der Waals surface area contributed by atoms with Gasteiger partial charge in [-0.15, -0.1) is 0 Å². The molecule has 0 bridgehead atoms. The second kappa shape index (κ2) is 10.2. The predicted octanol–water partition coefficient (Wildman–Crippen LogP) is 5.57. The van der Waals surface area contributed by atoms with Crippen molar-refractivity contribution in [2.24, 2.45) is 0 Å². The van der Waals surface area contributed by atoms with E-state index in [9.17, 15) is 4.39 Å². The third kappa shape index (κ3) is 5.46. The van der Waals surface area contributed by atoms with Gasteiger partial charge in [-0.3, -0.25) is 0 Å².